The van der Waals surface area contributed by atoms with Crippen molar-refractivity contribution in [2.24, 2.45) is 0 Å². The van der Waals surface area contributed by atoms with Crippen molar-refractivity contribution in [2.75, 3.05) is 6.54 Å². The van der Waals surface area contributed by atoms with Crippen molar-refractivity contribution < 1.29 is 4.79 Å². The van der Waals surface area contributed by atoms with Gasteiger partial charge in [0.15, 0.2) is 0 Å². The lowest BCUT2D eigenvalue weighted by molar-refractivity contribution is 0.238. The molecule has 0 unspecified atom stereocenters. The molecular weight excluding hydrogens is 256 g/mol. The van der Waals surface area contributed by atoms with Crippen LogP contribution in [0.5, 0.6) is 0 Å². The van der Waals surface area contributed by atoms with Crippen molar-refractivity contribution in [2.45, 2.75) is 52.1 Å². The van der Waals surface area contributed by atoms with Gasteiger partial charge in [0.05, 0.1) is 12.2 Å². The fraction of sp³-hybridized carbons (Fsp3) is 0.643. The predicted molar refractivity (Wildman–Crippen MR) is 76.8 cm³/mol. The summed E-state index contributed by atoms with van der Waals surface area (Å²) in [5.74, 6) is 0. The summed E-state index contributed by atoms with van der Waals surface area (Å²) in [6, 6.07) is 1.57. The normalized spacial score (nSPS) is 13.9. The quantitative estimate of drug-likeness (QED) is 0.856. The van der Waals surface area contributed by atoms with E-state index in [-0.39, 0.29) is 17.6 Å². The van der Waals surface area contributed by atoms with Crippen LogP contribution < -0.4 is 16.2 Å². The summed E-state index contributed by atoms with van der Waals surface area (Å²) < 4.78 is 1.44. The Morgan fingerprint density at radius 3 is 2.90 bits per heavy atom. The number of hydrogen-bond donors (Lipinski definition) is 2. The van der Waals surface area contributed by atoms with Crippen LogP contribution in [0.3, 0.4) is 0 Å². The Balaban J connectivity index is 1.93. The van der Waals surface area contributed by atoms with E-state index in [1.54, 1.807) is 6.07 Å². The lowest BCUT2D eigenvalue weighted by atomic mass is 9.97. The number of carbonyl (C=O) groups is 1. The van der Waals surface area contributed by atoms with Gasteiger partial charge in [0, 0.05) is 18.7 Å². The first-order chi connectivity index (χ1) is 9.56. The predicted octanol–water partition coefficient (Wildman–Crippen LogP) is 0.830. The van der Waals surface area contributed by atoms with Crippen LogP contribution >= 0.6 is 0 Å². The molecule has 0 spiro atoms. The number of nitrogens with zero attached hydrogens (tertiary/aromatic N) is 2. The van der Waals surface area contributed by atoms with Crippen molar-refractivity contribution in [1.82, 2.24) is 20.4 Å². The molecule has 0 bridgehead atoms. The molecule has 1 aliphatic carbocycles. The molecular formula is C14H22N4O2. The minimum Gasteiger partial charge on any atom is -0.336 e. The molecule has 6 heteroatoms. The number of carbonyl (C=O) groups excluding carboxylic acids is 1. The Morgan fingerprint density at radius 1 is 1.40 bits per heavy atom. The average Bonchev–Trinajstić information content (AvgIpc) is 2.38. The van der Waals surface area contributed by atoms with Gasteiger partial charge in [-0.2, -0.15) is 5.10 Å². The van der Waals surface area contributed by atoms with Crippen molar-refractivity contribution in [1.29, 1.82) is 0 Å². The Hall–Kier alpha value is -1.85. The number of nitrogens with one attached hydrogen (secondary N) is 2. The summed E-state index contributed by atoms with van der Waals surface area (Å²) in [4.78, 5) is 23.3. The third-order valence-corrected chi connectivity index (χ3v) is 3.30. The number of aryl methyl sites for hydroxylation is 2. The summed E-state index contributed by atoms with van der Waals surface area (Å²) in [6.07, 6.45) is 4.16. The van der Waals surface area contributed by atoms with Gasteiger partial charge in [-0.3, -0.25) is 4.79 Å². The lowest BCUT2D eigenvalue weighted by Crippen LogP contribution is -2.41. The SMILES string of the molecule is CC(C)NC(=O)NCCn1nc2c(cc1=O)CCCC2. The highest BCUT2D eigenvalue weighted by atomic mass is 16.2. The van der Waals surface area contributed by atoms with Crippen LogP contribution in [0.25, 0.3) is 0 Å². The molecule has 0 radical (unpaired) electrons. The summed E-state index contributed by atoms with van der Waals surface area (Å²) in [6.45, 7) is 4.59. The molecule has 0 atom stereocenters. The number of urea groups is 1. The van der Waals surface area contributed by atoms with Crippen molar-refractivity contribution in [3.63, 3.8) is 0 Å². The molecule has 110 valence electrons. The minimum absolute atomic E-state index is 0.0864. The van der Waals surface area contributed by atoms with Gasteiger partial charge in [-0.15, -0.1) is 0 Å². The van der Waals surface area contributed by atoms with E-state index in [1.165, 1.54) is 4.68 Å². The summed E-state index contributed by atoms with van der Waals surface area (Å²) in [5, 5.41) is 9.86. The van der Waals surface area contributed by atoms with E-state index in [4.69, 9.17) is 0 Å². The van der Waals surface area contributed by atoms with Crippen molar-refractivity contribution >= 4 is 6.03 Å². The maximum Gasteiger partial charge on any atom is 0.315 e. The standard InChI is InChI=1S/C14H22N4O2/c1-10(2)16-14(20)15-7-8-18-13(19)9-11-5-3-4-6-12(11)17-18/h9-10H,3-8H2,1-2H3,(H2,15,16,20). The Morgan fingerprint density at radius 2 is 2.15 bits per heavy atom. The maximum absolute atomic E-state index is 11.9. The van der Waals surface area contributed by atoms with Crippen molar-refractivity contribution in [3.8, 4) is 0 Å². The molecule has 0 aliphatic heterocycles. The summed E-state index contributed by atoms with van der Waals surface area (Å²) >= 11 is 0. The van der Waals surface area contributed by atoms with Crippen LogP contribution in [0.15, 0.2) is 10.9 Å². The van der Waals surface area contributed by atoms with Gasteiger partial charge in [-0.1, -0.05) is 0 Å². The zero-order valence-corrected chi connectivity index (χ0v) is 12.1. The molecule has 2 rings (SSSR count). The first kappa shape index (κ1) is 14.6. The number of amides is 2. The van der Waals surface area contributed by atoms with Crippen molar-refractivity contribution in [3.05, 3.63) is 27.7 Å². The van der Waals surface area contributed by atoms with Crippen LogP contribution in [-0.4, -0.2) is 28.4 Å². The van der Waals surface area contributed by atoms with E-state index in [1.807, 2.05) is 13.8 Å². The largest absolute Gasteiger partial charge is 0.336 e. The monoisotopic (exact) mass is 278 g/mol. The topological polar surface area (TPSA) is 76.0 Å². The first-order valence-corrected chi connectivity index (χ1v) is 7.20. The number of aromatic nitrogens is 2. The molecule has 2 amide bonds. The third kappa shape index (κ3) is 3.82. The molecule has 1 aliphatic rings. The average molecular weight is 278 g/mol. The highest BCUT2D eigenvalue weighted by molar-refractivity contribution is 5.73. The minimum atomic E-state index is -0.217. The molecule has 2 N–H and O–H groups in total. The number of fused-ring (bicyclic) bond motifs is 1. The second-order valence-electron chi connectivity index (χ2n) is 5.44. The van der Waals surface area contributed by atoms with Crippen LogP contribution in [0, 0.1) is 0 Å². The highest BCUT2D eigenvalue weighted by Gasteiger charge is 2.13. The fourth-order valence-electron chi connectivity index (χ4n) is 2.35. The van der Waals surface area contributed by atoms with Crippen LogP contribution in [0.4, 0.5) is 4.79 Å². The zero-order chi connectivity index (χ0) is 14.5. The molecule has 1 aromatic rings. The Kier molecular flexibility index (Phi) is 4.76. The smallest absolute Gasteiger partial charge is 0.315 e. The molecule has 6 nitrogen and oxygen atoms in total. The van der Waals surface area contributed by atoms with Gasteiger partial charge in [0.25, 0.3) is 5.56 Å². The molecule has 1 aromatic heterocycles. The Bertz CT molecular complexity index is 536. The third-order valence-electron chi connectivity index (χ3n) is 3.30. The Labute approximate surface area is 118 Å². The fourth-order valence-corrected chi connectivity index (χ4v) is 2.35. The first-order valence-electron chi connectivity index (χ1n) is 7.20. The van der Waals surface area contributed by atoms with Gasteiger partial charge < -0.3 is 10.6 Å². The summed E-state index contributed by atoms with van der Waals surface area (Å²) in [7, 11) is 0. The van der Waals surface area contributed by atoms with E-state index < -0.39 is 0 Å². The molecule has 1 heterocycles. The van der Waals surface area contributed by atoms with Crippen LogP contribution in [0.1, 0.15) is 37.9 Å². The van der Waals surface area contributed by atoms with Gasteiger partial charge in [-0.25, -0.2) is 9.48 Å². The maximum atomic E-state index is 11.9. The highest BCUT2D eigenvalue weighted by Crippen LogP contribution is 2.16. The van der Waals surface area contributed by atoms with Gasteiger partial charge in [-0.05, 0) is 45.1 Å². The van der Waals surface area contributed by atoms with Gasteiger partial charge >= 0.3 is 6.03 Å². The molecule has 0 saturated carbocycles. The molecule has 0 aromatic carbocycles. The number of rotatable bonds is 4. The van der Waals surface area contributed by atoms with E-state index in [0.717, 1.165) is 36.9 Å². The molecule has 0 fully saturated rings. The van der Waals surface area contributed by atoms with E-state index in [9.17, 15) is 9.59 Å². The summed E-state index contributed by atoms with van der Waals surface area (Å²) in [5.41, 5.74) is 2.03. The van der Waals surface area contributed by atoms with Gasteiger partial charge in [0.1, 0.15) is 0 Å². The van der Waals surface area contributed by atoms with Crippen LogP contribution in [0.2, 0.25) is 0 Å². The zero-order valence-electron chi connectivity index (χ0n) is 12.1. The van der Waals surface area contributed by atoms with E-state index >= 15 is 0 Å². The van der Waals surface area contributed by atoms with Crippen LogP contribution in [-0.2, 0) is 19.4 Å². The van der Waals surface area contributed by atoms with E-state index in [2.05, 4.69) is 15.7 Å². The van der Waals surface area contributed by atoms with Gasteiger partial charge in [0.2, 0.25) is 0 Å². The van der Waals surface area contributed by atoms with E-state index in [0.29, 0.717) is 13.1 Å². The number of hydrogen-bond acceptors (Lipinski definition) is 3. The second kappa shape index (κ2) is 6.54. The second-order valence-corrected chi connectivity index (χ2v) is 5.44. The lowest BCUT2D eigenvalue weighted by Gasteiger charge is -2.16. The molecule has 20 heavy (non-hydrogen) atoms. The molecule has 0 saturated heterocycles.